The van der Waals surface area contributed by atoms with Crippen LogP contribution in [0.2, 0.25) is 0 Å². The van der Waals surface area contributed by atoms with Crippen LogP contribution >= 0.6 is 0 Å². The van der Waals surface area contributed by atoms with Crippen molar-refractivity contribution in [3.05, 3.63) is 46.3 Å². The van der Waals surface area contributed by atoms with Gasteiger partial charge >= 0.3 is 5.76 Å². The minimum Gasteiger partial charge on any atom is -0.496 e. The quantitative estimate of drug-likeness (QED) is 0.812. The van der Waals surface area contributed by atoms with Gasteiger partial charge in [0.25, 0.3) is 0 Å². The van der Waals surface area contributed by atoms with E-state index in [9.17, 15) is 4.79 Å². The molecule has 1 N–H and O–H groups in total. The number of methoxy groups -OCH3 is 1. The number of hydrogen-bond acceptors (Lipinski definition) is 4. The summed E-state index contributed by atoms with van der Waals surface area (Å²) >= 11 is 0. The number of nitrogens with one attached hydrogen (secondary N) is 1. The number of para-hydroxylation sites is 1. The maximum atomic E-state index is 10.7. The van der Waals surface area contributed by atoms with E-state index in [0.717, 1.165) is 11.3 Å². The normalized spacial score (nSPS) is 10.2. The Morgan fingerprint density at radius 3 is 2.93 bits per heavy atom. The molecule has 0 bridgehead atoms. The molecule has 0 aliphatic heterocycles. The fourth-order valence-corrected chi connectivity index (χ4v) is 1.35. The Kier molecular flexibility index (Phi) is 2.53. The number of benzene rings is 1. The van der Waals surface area contributed by atoms with Crippen molar-refractivity contribution in [3.63, 3.8) is 0 Å². The molecule has 1 heterocycles. The van der Waals surface area contributed by atoms with Gasteiger partial charge in [0.1, 0.15) is 5.75 Å². The zero-order valence-corrected chi connectivity index (χ0v) is 8.19. The number of aromatic amines is 1. The summed E-state index contributed by atoms with van der Waals surface area (Å²) in [7, 11) is 1.60. The summed E-state index contributed by atoms with van der Waals surface area (Å²) in [6.07, 6.45) is 0.433. The van der Waals surface area contributed by atoms with E-state index in [2.05, 4.69) is 10.2 Å². The maximum absolute atomic E-state index is 10.7. The molecule has 2 aromatic rings. The number of aromatic nitrogens is 2. The first kappa shape index (κ1) is 9.51. The third-order valence-electron chi connectivity index (χ3n) is 2.02. The predicted molar refractivity (Wildman–Crippen MR) is 52.9 cm³/mol. The molecule has 0 saturated carbocycles. The van der Waals surface area contributed by atoms with E-state index in [1.54, 1.807) is 7.11 Å². The first-order valence-corrected chi connectivity index (χ1v) is 4.46. The Labute approximate surface area is 85.7 Å². The van der Waals surface area contributed by atoms with E-state index in [1.807, 2.05) is 24.3 Å². The van der Waals surface area contributed by atoms with Crippen LogP contribution in [-0.2, 0) is 6.42 Å². The van der Waals surface area contributed by atoms with E-state index >= 15 is 0 Å². The largest absolute Gasteiger partial charge is 0.496 e. The molecule has 78 valence electrons. The zero-order chi connectivity index (χ0) is 10.7. The minimum atomic E-state index is -0.542. The van der Waals surface area contributed by atoms with Gasteiger partial charge in [-0.3, -0.25) is 0 Å². The standard InChI is InChI=1S/C10H10N2O3/c1-14-8-5-3-2-4-7(8)6-9-11-12-10(13)15-9/h2-5H,6H2,1H3,(H,12,13). The summed E-state index contributed by atoms with van der Waals surface area (Å²) in [5, 5.41) is 5.94. The first-order chi connectivity index (χ1) is 7.29. The lowest BCUT2D eigenvalue weighted by Gasteiger charge is -2.04. The fourth-order valence-electron chi connectivity index (χ4n) is 1.35. The van der Waals surface area contributed by atoms with Gasteiger partial charge in [0, 0.05) is 5.56 Å². The minimum absolute atomic E-state index is 0.351. The number of ether oxygens (including phenoxy) is 1. The smallest absolute Gasteiger partial charge is 0.434 e. The van der Waals surface area contributed by atoms with Gasteiger partial charge in [0.05, 0.1) is 13.5 Å². The third-order valence-corrected chi connectivity index (χ3v) is 2.02. The lowest BCUT2D eigenvalue weighted by atomic mass is 10.1. The van der Waals surface area contributed by atoms with Gasteiger partial charge in [-0.05, 0) is 6.07 Å². The number of hydrogen-bond donors (Lipinski definition) is 1. The zero-order valence-electron chi connectivity index (χ0n) is 8.19. The topological polar surface area (TPSA) is 68.1 Å². The fraction of sp³-hybridized carbons (Fsp3) is 0.200. The van der Waals surface area contributed by atoms with Gasteiger partial charge in [0.2, 0.25) is 5.89 Å². The van der Waals surface area contributed by atoms with Crippen LogP contribution in [0.15, 0.2) is 33.5 Å². The van der Waals surface area contributed by atoms with Gasteiger partial charge in [-0.2, -0.15) is 0 Å². The third kappa shape index (κ3) is 2.07. The molecular weight excluding hydrogens is 196 g/mol. The molecule has 2 rings (SSSR count). The van der Waals surface area contributed by atoms with Crippen LogP contribution in [0.5, 0.6) is 5.75 Å². The molecule has 5 nitrogen and oxygen atoms in total. The lowest BCUT2D eigenvalue weighted by molar-refractivity contribution is 0.407. The Balaban J connectivity index is 2.27. The Hall–Kier alpha value is -2.04. The second-order valence-electron chi connectivity index (χ2n) is 3.00. The van der Waals surface area contributed by atoms with Crippen molar-refractivity contribution in [2.45, 2.75) is 6.42 Å². The molecule has 0 amide bonds. The molecule has 0 spiro atoms. The van der Waals surface area contributed by atoms with Crippen LogP contribution in [-0.4, -0.2) is 17.3 Å². The molecule has 0 aliphatic carbocycles. The van der Waals surface area contributed by atoms with Crippen molar-refractivity contribution in [2.24, 2.45) is 0 Å². The van der Waals surface area contributed by atoms with Gasteiger partial charge in [-0.15, -0.1) is 5.10 Å². The summed E-state index contributed by atoms with van der Waals surface area (Å²) in [5.41, 5.74) is 0.926. The van der Waals surface area contributed by atoms with Crippen molar-refractivity contribution in [1.82, 2.24) is 10.2 Å². The van der Waals surface area contributed by atoms with Crippen LogP contribution < -0.4 is 10.5 Å². The van der Waals surface area contributed by atoms with E-state index in [4.69, 9.17) is 9.15 Å². The number of H-pyrrole nitrogens is 1. The van der Waals surface area contributed by atoms with E-state index in [-0.39, 0.29) is 0 Å². The predicted octanol–water partition coefficient (Wildman–Crippen LogP) is 0.962. The average molecular weight is 206 g/mol. The van der Waals surface area contributed by atoms with Crippen molar-refractivity contribution < 1.29 is 9.15 Å². The molecule has 1 aromatic heterocycles. The van der Waals surface area contributed by atoms with Crippen LogP contribution in [0.25, 0.3) is 0 Å². The molecular formula is C10H10N2O3. The molecule has 1 aromatic carbocycles. The van der Waals surface area contributed by atoms with Gasteiger partial charge < -0.3 is 9.15 Å². The van der Waals surface area contributed by atoms with Crippen molar-refractivity contribution in [1.29, 1.82) is 0 Å². The molecule has 0 atom stereocenters. The maximum Gasteiger partial charge on any atom is 0.434 e. The molecule has 15 heavy (non-hydrogen) atoms. The van der Waals surface area contributed by atoms with Gasteiger partial charge in [-0.1, -0.05) is 18.2 Å². The van der Waals surface area contributed by atoms with Crippen LogP contribution in [0.4, 0.5) is 0 Å². The number of rotatable bonds is 3. The Morgan fingerprint density at radius 2 is 2.27 bits per heavy atom. The molecule has 0 fully saturated rings. The van der Waals surface area contributed by atoms with Gasteiger partial charge in [0.15, 0.2) is 0 Å². The van der Waals surface area contributed by atoms with Crippen molar-refractivity contribution in [2.75, 3.05) is 7.11 Å². The summed E-state index contributed by atoms with van der Waals surface area (Å²) in [4.78, 5) is 10.7. The average Bonchev–Trinajstić information content (AvgIpc) is 2.65. The molecule has 5 heteroatoms. The summed E-state index contributed by atoms with van der Waals surface area (Å²) < 4.78 is 9.98. The summed E-state index contributed by atoms with van der Waals surface area (Å²) in [6, 6.07) is 7.51. The van der Waals surface area contributed by atoms with E-state index in [0.29, 0.717) is 12.3 Å². The highest BCUT2D eigenvalue weighted by Gasteiger charge is 2.07. The van der Waals surface area contributed by atoms with Crippen LogP contribution in [0.3, 0.4) is 0 Å². The number of nitrogens with zero attached hydrogens (tertiary/aromatic N) is 1. The Morgan fingerprint density at radius 1 is 1.47 bits per heavy atom. The SMILES string of the molecule is COc1ccccc1Cc1n[nH]c(=O)o1. The highest BCUT2D eigenvalue weighted by molar-refractivity contribution is 5.34. The lowest BCUT2D eigenvalue weighted by Crippen LogP contribution is -1.94. The van der Waals surface area contributed by atoms with Crippen LogP contribution in [0, 0.1) is 0 Å². The monoisotopic (exact) mass is 206 g/mol. The van der Waals surface area contributed by atoms with E-state index < -0.39 is 5.76 Å². The molecule has 0 radical (unpaired) electrons. The highest BCUT2D eigenvalue weighted by Crippen LogP contribution is 2.19. The molecule has 0 aliphatic rings. The second-order valence-corrected chi connectivity index (χ2v) is 3.00. The highest BCUT2D eigenvalue weighted by atomic mass is 16.5. The summed E-state index contributed by atoms with van der Waals surface area (Å²) in [5.74, 6) is 0.563. The van der Waals surface area contributed by atoms with Crippen molar-refractivity contribution in [3.8, 4) is 5.75 Å². The van der Waals surface area contributed by atoms with Gasteiger partial charge in [-0.25, -0.2) is 9.89 Å². The van der Waals surface area contributed by atoms with Crippen molar-refractivity contribution >= 4 is 0 Å². The molecule has 0 saturated heterocycles. The second kappa shape index (κ2) is 4.00. The summed E-state index contributed by atoms with van der Waals surface area (Å²) in [6.45, 7) is 0. The first-order valence-electron chi connectivity index (χ1n) is 4.46. The van der Waals surface area contributed by atoms with Crippen LogP contribution in [0.1, 0.15) is 11.5 Å². The van der Waals surface area contributed by atoms with E-state index in [1.165, 1.54) is 0 Å². The molecule has 0 unspecified atom stereocenters. The Bertz CT molecular complexity index is 501.